The topological polar surface area (TPSA) is 37.8 Å². The summed E-state index contributed by atoms with van der Waals surface area (Å²) in [6.07, 6.45) is 3.21. The van der Waals surface area contributed by atoms with Gasteiger partial charge in [-0.1, -0.05) is 31.2 Å². The molecule has 3 heteroatoms. The summed E-state index contributed by atoms with van der Waals surface area (Å²) in [5, 5.41) is 3.32. The smallest absolute Gasteiger partial charge is 0.138 e. The van der Waals surface area contributed by atoms with Gasteiger partial charge in [0.2, 0.25) is 0 Å². The molecule has 0 fully saturated rings. The fraction of sp³-hybridized carbons (Fsp3) is 0.412. The predicted octanol–water partition coefficient (Wildman–Crippen LogP) is 3.55. The van der Waals surface area contributed by atoms with E-state index in [1.165, 1.54) is 11.1 Å². The Kier molecular flexibility index (Phi) is 3.68. The Balaban J connectivity index is 2.00. The normalized spacial score (nSPS) is 17.0. The van der Waals surface area contributed by atoms with Gasteiger partial charge in [0.05, 0.1) is 0 Å². The minimum Gasteiger partial charge on any atom is -0.370 e. The molecule has 1 aliphatic rings. The van der Waals surface area contributed by atoms with Crippen LogP contribution < -0.4 is 5.32 Å². The second kappa shape index (κ2) is 5.61. The van der Waals surface area contributed by atoms with Gasteiger partial charge in [-0.25, -0.2) is 9.97 Å². The summed E-state index contributed by atoms with van der Waals surface area (Å²) in [7, 11) is 0. The van der Waals surface area contributed by atoms with Crippen LogP contribution >= 0.6 is 0 Å². The van der Waals surface area contributed by atoms with Crippen LogP contribution in [0, 0.1) is 0 Å². The highest BCUT2D eigenvalue weighted by Crippen LogP contribution is 2.36. The molecule has 0 saturated carbocycles. The number of rotatable bonds is 4. The van der Waals surface area contributed by atoms with Gasteiger partial charge in [-0.2, -0.15) is 0 Å². The van der Waals surface area contributed by atoms with Crippen LogP contribution in [0.15, 0.2) is 30.3 Å². The summed E-state index contributed by atoms with van der Waals surface area (Å²) in [4.78, 5) is 9.49. The van der Waals surface area contributed by atoms with Crippen molar-refractivity contribution >= 4 is 5.82 Å². The van der Waals surface area contributed by atoms with Crippen LogP contribution in [0.3, 0.4) is 0 Å². The Morgan fingerprint density at radius 3 is 2.85 bits per heavy atom. The van der Waals surface area contributed by atoms with Crippen LogP contribution in [0.5, 0.6) is 0 Å². The van der Waals surface area contributed by atoms with Crippen LogP contribution in [0.1, 0.15) is 48.8 Å². The number of anilines is 1. The summed E-state index contributed by atoms with van der Waals surface area (Å²) < 4.78 is 0. The minimum atomic E-state index is 0.357. The number of nitrogens with zero attached hydrogens (tertiary/aromatic N) is 2. The van der Waals surface area contributed by atoms with E-state index in [9.17, 15) is 0 Å². The van der Waals surface area contributed by atoms with E-state index >= 15 is 0 Å². The molecule has 2 aromatic rings. The van der Waals surface area contributed by atoms with Crippen molar-refractivity contribution in [1.82, 2.24) is 9.97 Å². The van der Waals surface area contributed by atoms with Crippen LogP contribution in [0.4, 0.5) is 5.82 Å². The number of aromatic nitrogens is 2. The zero-order chi connectivity index (χ0) is 13.9. The van der Waals surface area contributed by atoms with E-state index in [4.69, 9.17) is 9.97 Å². The SMILES string of the molecule is CCNc1cc(CC)nc(C2CCc3ccccc32)n1. The van der Waals surface area contributed by atoms with Gasteiger partial charge >= 0.3 is 0 Å². The number of benzene rings is 1. The van der Waals surface area contributed by atoms with Crippen molar-refractivity contribution in [3.63, 3.8) is 0 Å². The monoisotopic (exact) mass is 267 g/mol. The summed E-state index contributed by atoms with van der Waals surface area (Å²) in [5.74, 6) is 2.29. The third kappa shape index (κ3) is 2.40. The lowest BCUT2D eigenvalue weighted by Gasteiger charge is -2.13. The largest absolute Gasteiger partial charge is 0.370 e. The maximum Gasteiger partial charge on any atom is 0.138 e. The maximum absolute atomic E-state index is 4.76. The average Bonchev–Trinajstić information content (AvgIpc) is 2.91. The summed E-state index contributed by atoms with van der Waals surface area (Å²) in [6.45, 7) is 5.13. The third-order valence-electron chi connectivity index (χ3n) is 3.96. The lowest BCUT2D eigenvalue weighted by atomic mass is 10.0. The molecule has 1 atom stereocenters. The highest BCUT2D eigenvalue weighted by Gasteiger charge is 2.26. The van der Waals surface area contributed by atoms with E-state index in [2.05, 4.69) is 49.5 Å². The molecular weight excluding hydrogens is 246 g/mol. The predicted molar refractivity (Wildman–Crippen MR) is 82.2 cm³/mol. The first-order valence-corrected chi connectivity index (χ1v) is 7.51. The molecule has 104 valence electrons. The standard InChI is InChI=1S/C17H21N3/c1-3-13-11-16(18-4-2)20-17(19-13)15-10-9-12-7-5-6-8-14(12)15/h5-8,11,15H,3-4,9-10H2,1-2H3,(H,18,19,20). The Bertz CT molecular complexity index is 607. The van der Waals surface area contributed by atoms with Gasteiger partial charge < -0.3 is 5.32 Å². The van der Waals surface area contributed by atoms with E-state index in [1.54, 1.807) is 0 Å². The van der Waals surface area contributed by atoms with Gasteiger partial charge in [-0.05, 0) is 37.3 Å². The van der Waals surface area contributed by atoms with Crippen LogP contribution in [0.25, 0.3) is 0 Å². The van der Waals surface area contributed by atoms with Crippen molar-refractivity contribution in [2.24, 2.45) is 0 Å². The van der Waals surface area contributed by atoms with Crippen molar-refractivity contribution < 1.29 is 0 Å². The molecule has 0 aliphatic heterocycles. The van der Waals surface area contributed by atoms with Gasteiger partial charge in [0.25, 0.3) is 0 Å². The first-order chi connectivity index (χ1) is 9.81. The molecule has 3 nitrogen and oxygen atoms in total. The van der Waals surface area contributed by atoms with Gasteiger partial charge in [-0.15, -0.1) is 0 Å². The van der Waals surface area contributed by atoms with E-state index in [-0.39, 0.29) is 0 Å². The van der Waals surface area contributed by atoms with Gasteiger partial charge in [0.1, 0.15) is 11.6 Å². The van der Waals surface area contributed by atoms with Crippen molar-refractivity contribution in [3.8, 4) is 0 Å². The first kappa shape index (κ1) is 13.1. The van der Waals surface area contributed by atoms with Crippen LogP contribution in [0.2, 0.25) is 0 Å². The first-order valence-electron chi connectivity index (χ1n) is 7.51. The van der Waals surface area contributed by atoms with E-state index in [0.717, 1.165) is 43.1 Å². The summed E-state index contributed by atoms with van der Waals surface area (Å²) in [6, 6.07) is 10.8. The molecule has 0 radical (unpaired) electrons. The lowest BCUT2D eigenvalue weighted by molar-refractivity contribution is 0.720. The zero-order valence-corrected chi connectivity index (χ0v) is 12.2. The number of aryl methyl sites for hydroxylation is 2. The number of nitrogens with one attached hydrogen (secondary N) is 1. The van der Waals surface area contributed by atoms with Gasteiger partial charge in [-0.3, -0.25) is 0 Å². The average molecular weight is 267 g/mol. The van der Waals surface area contributed by atoms with Crippen LogP contribution in [-0.2, 0) is 12.8 Å². The zero-order valence-electron chi connectivity index (χ0n) is 12.2. The van der Waals surface area contributed by atoms with Gasteiger partial charge in [0.15, 0.2) is 0 Å². The highest BCUT2D eigenvalue weighted by atomic mass is 15.0. The fourth-order valence-corrected chi connectivity index (χ4v) is 2.95. The van der Waals surface area contributed by atoms with E-state index < -0.39 is 0 Å². The molecule has 1 heterocycles. The van der Waals surface area contributed by atoms with Crippen molar-refractivity contribution in [2.75, 3.05) is 11.9 Å². The molecule has 3 rings (SSSR count). The van der Waals surface area contributed by atoms with Crippen molar-refractivity contribution in [1.29, 1.82) is 0 Å². The maximum atomic E-state index is 4.76. The lowest BCUT2D eigenvalue weighted by Crippen LogP contribution is -2.09. The van der Waals surface area contributed by atoms with Crippen molar-refractivity contribution in [3.05, 3.63) is 53.0 Å². The second-order valence-corrected chi connectivity index (χ2v) is 5.28. The van der Waals surface area contributed by atoms with E-state index in [1.807, 2.05) is 0 Å². The fourth-order valence-electron chi connectivity index (χ4n) is 2.95. The third-order valence-corrected chi connectivity index (χ3v) is 3.96. The highest BCUT2D eigenvalue weighted by molar-refractivity contribution is 5.42. The quantitative estimate of drug-likeness (QED) is 0.920. The molecule has 1 N–H and O–H groups in total. The second-order valence-electron chi connectivity index (χ2n) is 5.28. The molecule has 0 spiro atoms. The molecule has 20 heavy (non-hydrogen) atoms. The van der Waals surface area contributed by atoms with Gasteiger partial charge in [0, 0.05) is 24.2 Å². The molecule has 0 saturated heterocycles. The molecule has 0 bridgehead atoms. The Morgan fingerprint density at radius 2 is 2.05 bits per heavy atom. The van der Waals surface area contributed by atoms with Crippen LogP contribution in [-0.4, -0.2) is 16.5 Å². The number of hydrogen-bond donors (Lipinski definition) is 1. The Hall–Kier alpha value is -1.90. The van der Waals surface area contributed by atoms with Crippen molar-refractivity contribution in [2.45, 2.75) is 39.0 Å². The molecule has 1 aliphatic carbocycles. The Morgan fingerprint density at radius 1 is 1.20 bits per heavy atom. The number of fused-ring (bicyclic) bond motifs is 1. The molecule has 0 amide bonds. The molecule has 1 aromatic carbocycles. The summed E-state index contributed by atoms with van der Waals surface area (Å²) >= 11 is 0. The Labute approximate surface area is 120 Å². The molecule has 1 aromatic heterocycles. The van der Waals surface area contributed by atoms with E-state index in [0.29, 0.717) is 5.92 Å². The minimum absolute atomic E-state index is 0.357. The molecule has 1 unspecified atom stereocenters. The summed E-state index contributed by atoms with van der Waals surface area (Å²) in [5.41, 5.74) is 3.98. The molecular formula is C17H21N3. The number of hydrogen-bond acceptors (Lipinski definition) is 3.